The van der Waals surface area contributed by atoms with E-state index >= 15 is 0 Å². The second-order valence-electron chi connectivity index (χ2n) is 7.90. The van der Waals surface area contributed by atoms with Crippen LogP contribution in [0.25, 0.3) is 10.9 Å². The molecule has 1 fully saturated rings. The number of nitrogens with zero attached hydrogens (tertiary/aromatic N) is 3. The Kier molecular flexibility index (Phi) is 6.70. The molecule has 2 heterocycles. The Labute approximate surface area is 177 Å². The number of benzene rings is 1. The highest BCUT2D eigenvalue weighted by atomic mass is 16.5. The number of esters is 1. The molecule has 0 atom stereocenters. The Hall–Kier alpha value is -2.96. The smallest absolute Gasteiger partial charge is 0.309 e. The summed E-state index contributed by atoms with van der Waals surface area (Å²) in [5.74, 6) is -0.653. The summed E-state index contributed by atoms with van der Waals surface area (Å²) in [4.78, 5) is 45.4. The lowest BCUT2D eigenvalue weighted by atomic mass is 9.97. The molecule has 7 nitrogen and oxygen atoms in total. The average molecular weight is 412 g/mol. The number of hydrogen-bond acceptors (Lipinski definition) is 5. The van der Waals surface area contributed by atoms with E-state index in [0.29, 0.717) is 38.1 Å². The number of amides is 2. The van der Waals surface area contributed by atoms with E-state index in [1.807, 2.05) is 32.0 Å². The van der Waals surface area contributed by atoms with Crippen molar-refractivity contribution in [2.45, 2.75) is 33.6 Å². The van der Waals surface area contributed by atoms with E-state index in [1.54, 1.807) is 24.9 Å². The molecule has 0 unspecified atom stereocenters. The van der Waals surface area contributed by atoms with Crippen molar-refractivity contribution in [1.29, 1.82) is 0 Å². The summed E-state index contributed by atoms with van der Waals surface area (Å²) < 4.78 is 5.07. The van der Waals surface area contributed by atoms with Gasteiger partial charge in [0.05, 0.1) is 30.1 Å². The highest BCUT2D eigenvalue weighted by Gasteiger charge is 2.29. The van der Waals surface area contributed by atoms with Crippen LogP contribution in [-0.2, 0) is 14.3 Å². The number of rotatable bonds is 5. The third-order valence-electron chi connectivity index (χ3n) is 5.51. The SMILES string of the molecule is CCOC(=O)C1CCN(C(=O)CN(C)C(=O)c2cc(C)nc3ccc(C)cc23)CC1. The molecule has 0 spiro atoms. The molecule has 1 aliphatic rings. The topological polar surface area (TPSA) is 79.8 Å². The molecule has 7 heteroatoms. The lowest BCUT2D eigenvalue weighted by Gasteiger charge is -2.32. The number of carbonyl (C=O) groups excluding carboxylic acids is 3. The maximum Gasteiger partial charge on any atom is 0.309 e. The number of likely N-dealkylation sites (tertiary alicyclic amines) is 1. The van der Waals surface area contributed by atoms with E-state index in [1.165, 1.54) is 4.90 Å². The Balaban J connectivity index is 1.67. The van der Waals surface area contributed by atoms with Crippen molar-refractivity contribution in [3.05, 3.63) is 41.1 Å². The van der Waals surface area contributed by atoms with Gasteiger partial charge in [-0.15, -0.1) is 0 Å². The van der Waals surface area contributed by atoms with Gasteiger partial charge in [-0.1, -0.05) is 11.6 Å². The third kappa shape index (κ3) is 4.78. The summed E-state index contributed by atoms with van der Waals surface area (Å²) in [5.41, 5.74) is 3.13. The predicted molar refractivity (Wildman–Crippen MR) is 114 cm³/mol. The summed E-state index contributed by atoms with van der Waals surface area (Å²) in [7, 11) is 1.64. The second-order valence-corrected chi connectivity index (χ2v) is 7.90. The van der Waals surface area contributed by atoms with Crippen LogP contribution in [0.2, 0.25) is 0 Å². The van der Waals surface area contributed by atoms with E-state index in [-0.39, 0.29) is 30.2 Å². The molecule has 30 heavy (non-hydrogen) atoms. The lowest BCUT2D eigenvalue weighted by molar-refractivity contribution is -0.151. The lowest BCUT2D eigenvalue weighted by Crippen LogP contribution is -2.45. The Bertz CT molecular complexity index is 964. The molecule has 0 aliphatic carbocycles. The monoisotopic (exact) mass is 411 g/mol. The van der Waals surface area contributed by atoms with Crippen molar-refractivity contribution in [1.82, 2.24) is 14.8 Å². The van der Waals surface area contributed by atoms with E-state index < -0.39 is 0 Å². The number of aromatic nitrogens is 1. The highest BCUT2D eigenvalue weighted by Crippen LogP contribution is 2.22. The Morgan fingerprint density at radius 2 is 1.87 bits per heavy atom. The maximum atomic E-state index is 13.1. The van der Waals surface area contributed by atoms with Gasteiger partial charge in [0, 0.05) is 31.2 Å². The van der Waals surface area contributed by atoms with Gasteiger partial charge in [0.2, 0.25) is 5.91 Å². The van der Waals surface area contributed by atoms with Crippen LogP contribution < -0.4 is 0 Å². The highest BCUT2D eigenvalue weighted by molar-refractivity contribution is 6.07. The zero-order valence-electron chi connectivity index (χ0n) is 18.1. The van der Waals surface area contributed by atoms with E-state index in [0.717, 1.165) is 22.2 Å². The quantitative estimate of drug-likeness (QED) is 0.707. The average Bonchev–Trinajstić information content (AvgIpc) is 2.73. The van der Waals surface area contributed by atoms with Crippen molar-refractivity contribution in [2.75, 3.05) is 33.3 Å². The van der Waals surface area contributed by atoms with Gasteiger partial charge in [0.25, 0.3) is 5.91 Å². The number of ether oxygens (including phenoxy) is 1. The number of aryl methyl sites for hydroxylation is 2. The summed E-state index contributed by atoms with van der Waals surface area (Å²) in [6.07, 6.45) is 1.19. The van der Waals surface area contributed by atoms with Gasteiger partial charge in [0.15, 0.2) is 0 Å². The normalized spacial score (nSPS) is 14.6. The van der Waals surface area contributed by atoms with Crippen LogP contribution in [0.4, 0.5) is 0 Å². The standard InChI is InChI=1S/C23H29N3O4/c1-5-30-23(29)17-8-10-26(11-9-17)21(27)14-25(4)22(28)19-13-16(3)24-20-7-6-15(2)12-18(19)20/h6-7,12-13,17H,5,8-11,14H2,1-4H3. The fourth-order valence-corrected chi connectivity index (χ4v) is 3.85. The fraction of sp³-hybridized carbons (Fsp3) is 0.478. The van der Waals surface area contributed by atoms with Crippen LogP contribution in [0, 0.1) is 19.8 Å². The number of carbonyl (C=O) groups is 3. The molecule has 0 radical (unpaired) electrons. The van der Waals surface area contributed by atoms with Crippen LogP contribution in [0.15, 0.2) is 24.3 Å². The van der Waals surface area contributed by atoms with Crippen LogP contribution in [0.1, 0.15) is 41.4 Å². The van der Waals surface area contributed by atoms with E-state index in [2.05, 4.69) is 4.98 Å². The first-order valence-electron chi connectivity index (χ1n) is 10.4. The number of piperidine rings is 1. The van der Waals surface area contributed by atoms with Gasteiger partial charge in [-0.2, -0.15) is 0 Å². The van der Waals surface area contributed by atoms with Crippen LogP contribution in [0.3, 0.4) is 0 Å². The van der Waals surface area contributed by atoms with Gasteiger partial charge in [-0.05, 0) is 51.8 Å². The number of hydrogen-bond donors (Lipinski definition) is 0. The van der Waals surface area contributed by atoms with Gasteiger partial charge >= 0.3 is 5.97 Å². The molecule has 0 saturated carbocycles. The van der Waals surface area contributed by atoms with Gasteiger partial charge < -0.3 is 14.5 Å². The van der Waals surface area contributed by atoms with Crippen LogP contribution >= 0.6 is 0 Å². The Morgan fingerprint density at radius 3 is 2.53 bits per heavy atom. The van der Waals surface area contributed by atoms with E-state index in [4.69, 9.17) is 4.74 Å². The molecule has 1 aliphatic heterocycles. The molecule has 1 aromatic carbocycles. The van der Waals surface area contributed by atoms with Crippen LogP contribution in [-0.4, -0.2) is 65.9 Å². The summed E-state index contributed by atoms with van der Waals surface area (Å²) in [6, 6.07) is 7.60. The van der Waals surface area contributed by atoms with Gasteiger partial charge in [-0.25, -0.2) is 0 Å². The maximum absolute atomic E-state index is 13.1. The summed E-state index contributed by atoms with van der Waals surface area (Å²) >= 11 is 0. The molecule has 2 amide bonds. The largest absolute Gasteiger partial charge is 0.466 e. The molecule has 2 aromatic rings. The fourth-order valence-electron chi connectivity index (χ4n) is 3.85. The molecular weight excluding hydrogens is 382 g/mol. The second kappa shape index (κ2) is 9.24. The molecule has 0 N–H and O–H groups in total. The number of likely N-dealkylation sites (N-methyl/N-ethyl adjacent to an activating group) is 1. The van der Waals surface area contributed by atoms with Crippen molar-refractivity contribution in [3.63, 3.8) is 0 Å². The zero-order chi connectivity index (χ0) is 21.8. The first-order chi connectivity index (χ1) is 14.3. The van der Waals surface area contributed by atoms with Crippen molar-refractivity contribution >= 4 is 28.7 Å². The van der Waals surface area contributed by atoms with Crippen molar-refractivity contribution in [3.8, 4) is 0 Å². The molecule has 160 valence electrons. The molecule has 3 rings (SSSR count). The molecule has 0 bridgehead atoms. The number of pyridine rings is 1. The minimum atomic E-state index is -0.203. The van der Waals surface area contributed by atoms with Crippen LogP contribution in [0.5, 0.6) is 0 Å². The third-order valence-corrected chi connectivity index (χ3v) is 5.51. The van der Waals surface area contributed by atoms with E-state index in [9.17, 15) is 14.4 Å². The number of fused-ring (bicyclic) bond motifs is 1. The minimum Gasteiger partial charge on any atom is -0.466 e. The molecule has 1 aromatic heterocycles. The first kappa shape index (κ1) is 21.7. The van der Waals surface area contributed by atoms with Crippen molar-refractivity contribution < 1.29 is 19.1 Å². The molecule has 1 saturated heterocycles. The predicted octanol–water partition coefficient (Wildman–Crippen LogP) is 2.73. The van der Waals surface area contributed by atoms with Gasteiger partial charge in [0.1, 0.15) is 0 Å². The van der Waals surface area contributed by atoms with Crippen molar-refractivity contribution in [2.24, 2.45) is 5.92 Å². The summed E-state index contributed by atoms with van der Waals surface area (Å²) in [5, 5.41) is 0.792. The Morgan fingerprint density at radius 1 is 1.17 bits per heavy atom. The zero-order valence-corrected chi connectivity index (χ0v) is 18.1. The minimum absolute atomic E-state index is 0.00239. The first-order valence-corrected chi connectivity index (χ1v) is 10.4. The molecular formula is C23H29N3O4. The van der Waals surface area contributed by atoms with Gasteiger partial charge in [-0.3, -0.25) is 19.4 Å². The summed E-state index contributed by atoms with van der Waals surface area (Å²) in [6.45, 7) is 6.99.